The summed E-state index contributed by atoms with van der Waals surface area (Å²) in [6, 6.07) is 4.51. The van der Waals surface area contributed by atoms with Crippen LogP contribution < -0.4 is 21.7 Å². The number of primary amides is 1. The number of ketones is 1. The number of piperidine rings is 1. The number of nitrogens with two attached hydrogens (primary N) is 1. The van der Waals surface area contributed by atoms with Gasteiger partial charge in [-0.05, 0) is 60.0 Å². The molecule has 0 radical (unpaired) electrons. The van der Waals surface area contributed by atoms with Crippen LogP contribution in [0.3, 0.4) is 0 Å². The highest BCUT2D eigenvalue weighted by Gasteiger charge is 2.70. The van der Waals surface area contributed by atoms with E-state index in [1.807, 2.05) is 34.6 Å². The maximum Gasteiger partial charge on any atom is 0.315 e. The number of amides is 5. The lowest BCUT2D eigenvalue weighted by Gasteiger charge is -2.39. The van der Waals surface area contributed by atoms with Gasteiger partial charge in [-0.1, -0.05) is 78.5 Å². The Morgan fingerprint density at radius 1 is 1.00 bits per heavy atom. The van der Waals surface area contributed by atoms with Crippen LogP contribution in [-0.4, -0.2) is 78.8 Å². The van der Waals surface area contributed by atoms with E-state index < -0.39 is 68.5 Å². The van der Waals surface area contributed by atoms with Crippen molar-refractivity contribution in [1.29, 1.82) is 0 Å². The van der Waals surface area contributed by atoms with Crippen molar-refractivity contribution in [2.45, 2.75) is 108 Å². The van der Waals surface area contributed by atoms with Crippen molar-refractivity contribution in [2.24, 2.45) is 34.3 Å². The van der Waals surface area contributed by atoms with Gasteiger partial charge < -0.3 is 26.6 Å². The second kappa shape index (κ2) is 12.5. The fourth-order valence-electron chi connectivity index (χ4n) is 7.82. The van der Waals surface area contributed by atoms with Gasteiger partial charge in [0.1, 0.15) is 12.1 Å². The fraction of sp³-hybridized carbons (Fsp3) is 0.676. The number of hydrogen-bond acceptors (Lipinski definition) is 7. The fourth-order valence-corrected chi connectivity index (χ4v) is 9.64. The standard InChI is InChI=1S/C34H49N5O7S/c1-32(2,3)27(37-31(44)38-34(15-9-10-16-34)19-47(45,46)21-11-7-6-8-12-21)30(43)39-18-22-24(33(22,4)5)25(39)29(42)36-23(17-20-13-14-20)26(40)28(35)41/h6-8,11-12,20,22-25,27H,9-10,13-19H2,1-5H3,(H2,35,41)(H,36,42)(H2,37,38,44)/t22-,23?,24-,25-,27+/m0/s1. The minimum Gasteiger partial charge on any atom is -0.363 e. The molecule has 5 atom stereocenters. The summed E-state index contributed by atoms with van der Waals surface area (Å²) in [6.07, 6.45) is 4.62. The Bertz CT molecular complexity index is 1530. The summed E-state index contributed by atoms with van der Waals surface area (Å²) in [5.41, 5.74) is 3.33. The Balaban J connectivity index is 1.33. The first-order chi connectivity index (χ1) is 21.9. The number of hydrogen-bond donors (Lipinski definition) is 4. The summed E-state index contributed by atoms with van der Waals surface area (Å²) in [5.74, 6) is -3.05. The number of urea groups is 1. The number of nitrogens with one attached hydrogen (secondary N) is 3. The molecule has 3 aliphatic carbocycles. The van der Waals surface area contributed by atoms with Crippen molar-refractivity contribution in [3.63, 3.8) is 0 Å². The van der Waals surface area contributed by atoms with Crippen LogP contribution in [0, 0.1) is 28.6 Å². The SMILES string of the molecule is CC(C)(C)[C@H](NC(=O)NC1(CS(=O)(=O)c2ccccc2)CCCC1)C(=O)N1C[C@H]2[C@@H]([C@H]1C(=O)NC(CC1CC1)C(=O)C(N)=O)C2(C)C. The molecule has 1 unspecified atom stereocenters. The zero-order valence-electron chi connectivity index (χ0n) is 28.0. The Morgan fingerprint density at radius 3 is 2.17 bits per heavy atom. The molecular weight excluding hydrogens is 622 g/mol. The van der Waals surface area contributed by atoms with E-state index in [9.17, 15) is 32.4 Å². The number of rotatable bonds is 12. The predicted molar refractivity (Wildman–Crippen MR) is 174 cm³/mol. The smallest absolute Gasteiger partial charge is 0.315 e. The summed E-state index contributed by atoms with van der Waals surface area (Å²) < 4.78 is 26.7. The molecule has 3 saturated carbocycles. The number of nitrogens with zero attached hydrogens (tertiary/aromatic N) is 1. The van der Waals surface area contributed by atoms with Crippen LogP contribution in [0.15, 0.2) is 35.2 Å². The van der Waals surface area contributed by atoms with Crippen molar-refractivity contribution in [3.05, 3.63) is 30.3 Å². The second-order valence-electron chi connectivity index (χ2n) is 15.8. The van der Waals surface area contributed by atoms with Gasteiger partial charge >= 0.3 is 6.03 Å². The lowest BCUT2D eigenvalue weighted by Crippen LogP contribution is -2.63. The van der Waals surface area contributed by atoms with Gasteiger partial charge in [-0.3, -0.25) is 19.2 Å². The molecule has 12 nitrogen and oxygen atoms in total. The average molecular weight is 672 g/mol. The van der Waals surface area contributed by atoms with Gasteiger partial charge in [-0.15, -0.1) is 0 Å². The molecule has 1 aromatic carbocycles. The molecule has 1 saturated heterocycles. The highest BCUT2D eigenvalue weighted by Crippen LogP contribution is 2.65. The first-order valence-corrected chi connectivity index (χ1v) is 18.3. The lowest BCUT2D eigenvalue weighted by atomic mass is 9.85. The molecule has 1 aromatic rings. The number of likely N-dealkylation sites (tertiary alicyclic amines) is 1. The quantitative estimate of drug-likeness (QED) is 0.246. The maximum atomic E-state index is 14.3. The molecule has 47 heavy (non-hydrogen) atoms. The molecule has 1 heterocycles. The summed E-state index contributed by atoms with van der Waals surface area (Å²) in [6.45, 7) is 9.83. The highest BCUT2D eigenvalue weighted by atomic mass is 32.2. The predicted octanol–water partition coefficient (Wildman–Crippen LogP) is 2.31. The van der Waals surface area contributed by atoms with E-state index >= 15 is 0 Å². The first kappa shape index (κ1) is 34.8. The van der Waals surface area contributed by atoms with Crippen LogP contribution in [0.1, 0.15) is 79.6 Å². The summed E-state index contributed by atoms with van der Waals surface area (Å²) in [4.78, 5) is 67.9. The molecule has 13 heteroatoms. The lowest BCUT2D eigenvalue weighted by molar-refractivity contribution is -0.145. The molecule has 0 bridgehead atoms. The number of Topliss-reactive ketones (excluding diaryl/α,β-unsaturated/α-hetero) is 1. The maximum absolute atomic E-state index is 14.3. The topological polar surface area (TPSA) is 185 Å². The molecule has 4 fully saturated rings. The van der Waals surface area contributed by atoms with Crippen molar-refractivity contribution in [2.75, 3.05) is 12.3 Å². The molecule has 258 valence electrons. The van der Waals surface area contributed by atoms with E-state index in [1.165, 1.54) is 4.90 Å². The third kappa shape index (κ3) is 7.34. The molecule has 0 aromatic heterocycles. The Hall–Kier alpha value is -3.48. The van der Waals surface area contributed by atoms with Gasteiger partial charge in [0.25, 0.3) is 5.91 Å². The highest BCUT2D eigenvalue weighted by molar-refractivity contribution is 7.91. The minimum absolute atomic E-state index is 0.0512. The Labute approximate surface area is 277 Å². The third-order valence-corrected chi connectivity index (χ3v) is 12.7. The van der Waals surface area contributed by atoms with E-state index in [0.717, 1.165) is 25.7 Å². The molecule has 4 aliphatic rings. The van der Waals surface area contributed by atoms with Crippen LogP contribution in [0.25, 0.3) is 0 Å². The van der Waals surface area contributed by atoms with Crippen molar-refractivity contribution < 1.29 is 32.4 Å². The summed E-state index contributed by atoms with van der Waals surface area (Å²) in [5, 5.41) is 8.55. The van der Waals surface area contributed by atoms with Gasteiger partial charge in [0.05, 0.1) is 22.2 Å². The molecule has 5 rings (SSSR count). The van der Waals surface area contributed by atoms with Gasteiger partial charge in [0.2, 0.25) is 17.6 Å². The van der Waals surface area contributed by atoms with Gasteiger partial charge in [-0.25, -0.2) is 13.2 Å². The monoisotopic (exact) mass is 671 g/mol. The second-order valence-corrected chi connectivity index (χ2v) is 17.8. The number of carbonyl (C=O) groups is 5. The molecule has 0 spiro atoms. The van der Waals surface area contributed by atoms with E-state index in [4.69, 9.17) is 5.73 Å². The minimum atomic E-state index is -3.70. The van der Waals surface area contributed by atoms with E-state index in [-0.39, 0.29) is 33.8 Å². The molecular formula is C34H49N5O7S. The van der Waals surface area contributed by atoms with E-state index in [0.29, 0.717) is 25.8 Å². The van der Waals surface area contributed by atoms with Crippen LogP contribution >= 0.6 is 0 Å². The van der Waals surface area contributed by atoms with Crippen LogP contribution in [0.2, 0.25) is 0 Å². The van der Waals surface area contributed by atoms with Crippen LogP contribution in [0.4, 0.5) is 4.79 Å². The first-order valence-electron chi connectivity index (χ1n) is 16.7. The summed E-state index contributed by atoms with van der Waals surface area (Å²) >= 11 is 0. The third-order valence-electron chi connectivity index (χ3n) is 10.8. The van der Waals surface area contributed by atoms with Crippen LogP contribution in [0.5, 0.6) is 0 Å². The van der Waals surface area contributed by atoms with Crippen molar-refractivity contribution >= 4 is 39.4 Å². The van der Waals surface area contributed by atoms with Crippen molar-refractivity contribution in [1.82, 2.24) is 20.9 Å². The molecule has 5 N–H and O–H groups in total. The van der Waals surface area contributed by atoms with E-state index in [1.54, 1.807) is 30.3 Å². The summed E-state index contributed by atoms with van der Waals surface area (Å²) in [7, 11) is -3.70. The molecule has 1 aliphatic heterocycles. The number of fused-ring (bicyclic) bond motifs is 1. The van der Waals surface area contributed by atoms with Gasteiger partial charge in [0, 0.05) is 6.54 Å². The van der Waals surface area contributed by atoms with E-state index in [2.05, 4.69) is 16.0 Å². The zero-order valence-corrected chi connectivity index (χ0v) is 28.8. The Morgan fingerprint density at radius 2 is 1.62 bits per heavy atom. The van der Waals surface area contributed by atoms with Gasteiger partial charge in [-0.2, -0.15) is 0 Å². The van der Waals surface area contributed by atoms with Crippen LogP contribution in [-0.2, 0) is 29.0 Å². The Kier molecular flexibility index (Phi) is 9.28. The van der Waals surface area contributed by atoms with Gasteiger partial charge in [0.15, 0.2) is 9.84 Å². The molecule has 5 amide bonds. The number of carbonyl (C=O) groups excluding carboxylic acids is 5. The average Bonchev–Trinajstić information content (AvgIpc) is 3.74. The normalized spacial score (nSPS) is 25.6. The number of sulfone groups is 1. The van der Waals surface area contributed by atoms with Crippen molar-refractivity contribution in [3.8, 4) is 0 Å². The zero-order chi connectivity index (χ0) is 34.5. The largest absolute Gasteiger partial charge is 0.363 e. The number of benzene rings is 1.